The van der Waals surface area contributed by atoms with Gasteiger partial charge in [0.15, 0.2) is 11.5 Å². The number of rotatable bonds is 6. The Labute approximate surface area is 183 Å². The van der Waals surface area contributed by atoms with Gasteiger partial charge in [0, 0.05) is 12.0 Å². The Balaban J connectivity index is 1.50. The van der Waals surface area contributed by atoms with E-state index in [1.165, 1.54) is 0 Å². The molecule has 0 spiro atoms. The van der Waals surface area contributed by atoms with Crippen molar-refractivity contribution in [2.75, 3.05) is 20.0 Å². The third kappa shape index (κ3) is 4.38. The number of aliphatic hydroxyl groups is 7. The summed E-state index contributed by atoms with van der Waals surface area (Å²) < 4.78 is 27.3. The molecule has 32 heavy (non-hydrogen) atoms. The van der Waals surface area contributed by atoms with Gasteiger partial charge in [0.05, 0.1) is 25.4 Å². The number of aliphatic hydroxyl groups excluding tert-OH is 7. The summed E-state index contributed by atoms with van der Waals surface area (Å²) in [7, 11) is 0. The van der Waals surface area contributed by atoms with Gasteiger partial charge >= 0.3 is 0 Å². The first-order chi connectivity index (χ1) is 15.3. The molecule has 0 saturated carbocycles. The fraction of sp³-hybridized carbons (Fsp3) is 0.700. The molecule has 0 radical (unpaired) electrons. The van der Waals surface area contributed by atoms with E-state index >= 15 is 0 Å². The monoisotopic (exact) mass is 460 g/mol. The van der Waals surface area contributed by atoms with Crippen molar-refractivity contribution in [2.45, 2.75) is 61.5 Å². The van der Waals surface area contributed by atoms with Crippen LogP contribution in [0, 0.1) is 5.92 Å². The van der Waals surface area contributed by atoms with Crippen molar-refractivity contribution >= 4 is 0 Å². The van der Waals surface area contributed by atoms with Gasteiger partial charge in [0.2, 0.25) is 13.1 Å². The predicted octanol–water partition coefficient (Wildman–Crippen LogP) is -2.92. The number of fused-ring (bicyclic) bond motifs is 1. The summed E-state index contributed by atoms with van der Waals surface area (Å²) in [6, 6.07) is 4.75. The molecule has 4 rings (SSSR count). The summed E-state index contributed by atoms with van der Waals surface area (Å²) in [5.74, 6) is 0.273. The smallest absolute Gasteiger partial charge is 0.231 e. The van der Waals surface area contributed by atoms with Crippen LogP contribution in [0.1, 0.15) is 6.42 Å². The lowest BCUT2D eigenvalue weighted by Crippen LogP contribution is -2.62. The fourth-order valence-electron chi connectivity index (χ4n) is 4.27. The molecule has 2 fully saturated rings. The van der Waals surface area contributed by atoms with Crippen LogP contribution in [0.2, 0.25) is 0 Å². The molecule has 7 N–H and O–H groups in total. The highest BCUT2D eigenvalue weighted by Gasteiger charge is 2.50. The molecular weight excluding hydrogens is 432 g/mol. The van der Waals surface area contributed by atoms with Gasteiger partial charge in [-0.15, -0.1) is 0 Å². The third-order valence-electron chi connectivity index (χ3n) is 6.12. The summed E-state index contributed by atoms with van der Waals surface area (Å²) in [6.45, 7) is -1.10. The van der Waals surface area contributed by atoms with E-state index in [9.17, 15) is 35.7 Å². The third-order valence-corrected chi connectivity index (χ3v) is 6.12. The summed E-state index contributed by atoms with van der Waals surface area (Å²) >= 11 is 0. The molecule has 180 valence electrons. The molecule has 10 atom stereocenters. The van der Waals surface area contributed by atoms with Crippen molar-refractivity contribution in [1.82, 2.24) is 0 Å². The van der Waals surface area contributed by atoms with E-state index in [-0.39, 0.29) is 19.0 Å². The molecule has 0 amide bonds. The van der Waals surface area contributed by atoms with E-state index in [1.807, 2.05) is 0 Å². The minimum atomic E-state index is -1.59. The summed E-state index contributed by atoms with van der Waals surface area (Å²) in [5.41, 5.74) is 0. The highest BCUT2D eigenvalue weighted by molar-refractivity contribution is 5.46. The first-order valence-electron chi connectivity index (χ1n) is 10.3. The van der Waals surface area contributed by atoms with Gasteiger partial charge in [-0.2, -0.15) is 0 Å². The molecule has 12 nitrogen and oxygen atoms in total. The second-order valence-electron chi connectivity index (χ2n) is 8.11. The Hall–Kier alpha value is -1.74. The van der Waals surface area contributed by atoms with Crippen molar-refractivity contribution in [3.05, 3.63) is 18.2 Å². The van der Waals surface area contributed by atoms with E-state index in [2.05, 4.69) is 0 Å². The maximum Gasteiger partial charge on any atom is 0.231 e. The van der Waals surface area contributed by atoms with Crippen LogP contribution in [0.4, 0.5) is 0 Å². The van der Waals surface area contributed by atoms with Crippen LogP contribution in [0.3, 0.4) is 0 Å². The summed E-state index contributed by atoms with van der Waals surface area (Å²) in [4.78, 5) is 0. The number of hydrogen-bond acceptors (Lipinski definition) is 12. The molecule has 1 aromatic carbocycles. The van der Waals surface area contributed by atoms with Crippen molar-refractivity contribution in [1.29, 1.82) is 0 Å². The van der Waals surface area contributed by atoms with Crippen molar-refractivity contribution < 1.29 is 59.4 Å². The standard InChI is InChI=1S/C20H28O12/c21-5-13-15(23)9(4-12-17(25)19(27)18(26)14(6-22)31-12)16(24)20(32-13)30-8-1-2-10-11(3-8)29-7-28-10/h1-3,9,12-27H,4-7H2. The molecule has 1 aromatic rings. The molecule has 0 aromatic heterocycles. The van der Waals surface area contributed by atoms with Gasteiger partial charge in [-0.1, -0.05) is 0 Å². The van der Waals surface area contributed by atoms with Crippen LogP contribution in [0.5, 0.6) is 17.2 Å². The van der Waals surface area contributed by atoms with Crippen LogP contribution < -0.4 is 14.2 Å². The Morgan fingerprint density at radius 2 is 1.41 bits per heavy atom. The van der Waals surface area contributed by atoms with Gasteiger partial charge < -0.3 is 59.4 Å². The quantitative estimate of drug-likeness (QED) is 0.230. The number of hydrogen-bond donors (Lipinski definition) is 7. The topological polar surface area (TPSA) is 188 Å². The maximum absolute atomic E-state index is 10.9. The average Bonchev–Trinajstić information content (AvgIpc) is 3.26. The molecular formula is C20H28O12. The Bertz CT molecular complexity index is 775. The second kappa shape index (κ2) is 9.63. The van der Waals surface area contributed by atoms with Crippen molar-refractivity contribution in [3.63, 3.8) is 0 Å². The zero-order chi connectivity index (χ0) is 23.0. The van der Waals surface area contributed by atoms with Gasteiger partial charge in [0.25, 0.3) is 0 Å². The molecule has 3 heterocycles. The predicted molar refractivity (Wildman–Crippen MR) is 103 cm³/mol. The highest BCUT2D eigenvalue weighted by Crippen LogP contribution is 2.38. The first-order valence-corrected chi connectivity index (χ1v) is 10.3. The fourth-order valence-corrected chi connectivity index (χ4v) is 4.27. The first kappa shape index (κ1) is 23.4. The van der Waals surface area contributed by atoms with Crippen LogP contribution in [-0.4, -0.2) is 111 Å². The number of benzene rings is 1. The van der Waals surface area contributed by atoms with E-state index in [4.69, 9.17) is 23.7 Å². The van der Waals surface area contributed by atoms with Crippen molar-refractivity contribution in [3.8, 4) is 17.2 Å². The maximum atomic E-state index is 10.9. The van der Waals surface area contributed by atoms with E-state index in [1.54, 1.807) is 18.2 Å². The Morgan fingerprint density at radius 1 is 0.750 bits per heavy atom. The van der Waals surface area contributed by atoms with Gasteiger partial charge in [-0.05, 0) is 18.6 Å². The highest BCUT2D eigenvalue weighted by atomic mass is 16.7. The molecule has 3 aliphatic rings. The normalized spacial score (nSPS) is 41.5. The minimum absolute atomic E-state index is 0.0707. The zero-order valence-electron chi connectivity index (χ0n) is 17.0. The van der Waals surface area contributed by atoms with Crippen LogP contribution in [0.25, 0.3) is 0 Å². The molecule has 12 heteroatoms. The van der Waals surface area contributed by atoms with Crippen LogP contribution >= 0.6 is 0 Å². The molecule has 0 aliphatic carbocycles. The molecule has 0 bridgehead atoms. The van der Waals surface area contributed by atoms with E-state index < -0.39 is 74.3 Å². The molecule has 10 unspecified atom stereocenters. The summed E-state index contributed by atoms with van der Waals surface area (Å²) in [6.07, 6.45) is -12.2. The lowest BCUT2D eigenvalue weighted by atomic mass is 9.81. The van der Waals surface area contributed by atoms with Crippen LogP contribution in [-0.2, 0) is 9.47 Å². The molecule has 2 saturated heterocycles. The summed E-state index contributed by atoms with van der Waals surface area (Å²) in [5, 5.41) is 70.8. The van der Waals surface area contributed by atoms with Crippen molar-refractivity contribution in [2.24, 2.45) is 5.92 Å². The molecule has 3 aliphatic heterocycles. The van der Waals surface area contributed by atoms with E-state index in [0.29, 0.717) is 11.5 Å². The largest absolute Gasteiger partial charge is 0.462 e. The van der Waals surface area contributed by atoms with Gasteiger partial charge in [-0.3, -0.25) is 0 Å². The minimum Gasteiger partial charge on any atom is -0.462 e. The Morgan fingerprint density at radius 3 is 2.12 bits per heavy atom. The van der Waals surface area contributed by atoms with Gasteiger partial charge in [-0.25, -0.2) is 0 Å². The van der Waals surface area contributed by atoms with Crippen LogP contribution in [0.15, 0.2) is 18.2 Å². The van der Waals surface area contributed by atoms with E-state index in [0.717, 1.165) is 0 Å². The zero-order valence-corrected chi connectivity index (χ0v) is 17.0. The second-order valence-corrected chi connectivity index (χ2v) is 8.11. The lowest BCUT2D eigenvalue weighted by Gasteiger charge is -2.46. The lowest BCUT2D eigenvalue weighted by molar-refractivity contribution is -0.278. The van der Waals surface area contributed by atoms with Gasteiger partial charge in [0.1, 0.15) is 42.4 Å². The number of ether oxygens (including phenoxy) is 5. The SMILES string of the molecule is OCC1OC(CC2C(O)C(CO)OC(Oc3ccc4c(c3)OCO4)C2O)C(O)C(O)C1O. The Kier molecular flexibility index (Phi) is 7.05. The average molecular weight is 460 g/mol.